The van der Waals surface area contributed by atoms with E-state index in [0.29, 0.717) is 42.9 Å². The van der Waals surface area contributed by atoms with Crippen molar-refractivity contribution < 1.29 is 22.7 Å². The molecule has 1 aromatic rings. The number of rotatable bonds is 5. The third-order valence-electron chi connectivity index (χ3n) is 5.65. The van der Waals surface area contributed by atoms with Gasteiger partial charge in [0.05, 0.1) is 10.6 Å². The van der Waals surface area contributed by atoms with Crippen molar-refractivity contribution >= 4 is 27.5 Å². The molecule has 2 atom stereocenters. The molecular weight excluding hydrogens is 394 g/mol. The number of benzene rings is 1. The van der Waals surface area contributed by atoms with Gasteiger partial charge in [-0.1, -0.05) is 6.92 Å². The van der Waals surface area contributed by atoms with Crippen LogP contribution in [0.5, 0.6) is 5.75 Å². The molecule has 2 N–H and O–H groups in total. The number of aryl methyl sites for hydroxylation is 1. The Labute approximate surface area is 172 Å². The smallest absolute Gasteiger partial charge is 0.265 e. The topological polar surface area (TPSA) is 105 Å². The second-order valence-electron chi connectivity index (χ2n) is 7.86. The number of carbonyl (C=O) groups is 2. The standard InChI is InChI=1S/C20H29N3O5S/c1-5-13(3)21-20(25)15-6-8-23(9-7-15)29(26,27)18-11-17-16(10-12(18)2)22-19(24)14(4)28-17/h10-11,13-15H,5-9H2,1-4H3,(H,21,25)(H,22,24)/t13-,14-/m1/s1. The predicted molar refractivity (Wildman–Crippen MR) is 109 cm³/mol. The summed E-state index contributed by atoms with van der Waals surface area (Å²) in [5.41, 5.74) is 1.02. The molecule has 29 heavy (non-hydrogen) atoms. The van der Waals surface area contributed by atoms with E-state index in [-0.39, 0.29) is 28.7 Å². The Morgan fingerprint density at radius 2 is 2.00 bits per heavy atom. The van der Waals surface area contributed by atoms with E-state index in [2.05, 4.69) is 10.6 Å². The minimum Gasteiger partial charge on any atom is -0.479 e. The molecule has 0 bridgehead atoms. The van der Waals surface area contributed by atoms with Gasteiger partial charge in [0.2, 0.25) is 15.9 Å². The van der Waals surface area contributed by atoms with Gasteiger partial charge in [0.15, 0.2) is 6.10 Å². The lowest BCUT2D eigenvalue weighted by atomic mass is 9.97. The Morgan fingerprint density at radius 1 is 1.34 bits per heavy atom. The number of piperidine rings is 1. The number of fused-ring (bicyclic) bond motifs is 1. The van der Waals surface area contributed by atoms with Crippen molar-refractivity contribution in [3.63, 3.8) is 0 Å². The van der Waals surface area contributed by atoms with Crippen LogP contribution in [0.1, 0.15) is 45.6 Å². The molecular formula is C20H29N3O5S. The molecule has 160 valence electrons. The maximum atomic E-state index is 13.2. The normalized spacial score (nSPS) is 21.7. The number of nitrogens with zero attached hydrogens (tertiary/aromatic N) is 1. The molecule has 0 aromatic heterocycles. The molecule has 3 rings (SSSR count). The molecule has 2 aliphatic heterocycles. The SMILES string of the molecule is CC[C@@H](C)NC(=O)C1CCN(S(=O)(=O)c2cc3c(cc2C)NC(=O)[C@@H](C)O3)CC1. The molecule has 2 heterocycles. The van der Waals surface area contributed by atoms with Crippen LogP contribution in [-0.4, -0.2) is 49.8 Å². The second-order valence-corrected chi connectivity index (χ2v) is 9.77. The van der Waals surface area contributed by atoms with Crippen LogP contribution in [0.3, 0.4) is 0 Å². The summed E-state index contributed by atoms with van der Waals surface area (Å²) in [5.74, 6) is -0.0756. The highest BCUT2D eigenvalue weighted by Gasteiger charge is 2.34. The number of hydrogen-bond donors (Lipinski definition) is 2. The molecule has 0 unspecified atom stereocenters. The van der Waals surface area contributed by atoms with Crippen LogP contribution in [0.2, 0.25) is 0 Å². The molecule has 1 fully saturated rings. The third kappa shape index (κ3) is 4.40. The fourth-order valence-electron chi connectivity index (χ4n) is 3.58. The van der Waals surface area contributed by atoms with Crippen molar-refractivity contribution in [2.24, 2.45) is 5.92 Å². The van der Waals surface area contributed by atoms with Crippen molar-refractivity contribution in [1.29, 1.82) is 0 Å². The van der Waals surface area contributed by atoms with Crippen LogP contribution in [0, 0.1) is 12.8 Å². The summed E-state index contributed by atoms with van der Waals surface area (Å²) in [6.45, 7) is 7.88. The average molecular weight is 424 g/mol. The van der Waals surface area contributed by atoms with Gasteiger partial charge in [0, 0.05) is 31.1 Å². The van der Waals surface area contributed by atoms with E-state index in [1.807, 2.05) is 13.8 Å². The zero-order chi connectivity index (χ0) is 21.3. The summed E-state index contributed by atoms with van der Waals surface area (Å²) >= 11 is 0. The summed E-state index contributed by atoms with van der Waals surface area (Å²) in [4.78, 5) is 24.3. The van der Waals surface area contributed by atoms with Crippen molar-refractivity contribution in [2.45, 2.75) is 64.0 Å². The van der Waals surface area contributed by atoms with Crippen LogP contribution in [0.15, 0.2) is 17.0 Å². The van der Waals surface area contributed by atoms with Gasteiger partial charge in [-0.25, -0.2) is 8.42 Å². The minimum absolute atomic E-state index is 0.000474. The molecule has 9 heteroatoms. The number of hydrogen-bond acceptors (Lipinski definition) is 5. The van der Waals surface area contributed by atoms with E-state index < -0.39 is 16.1 Å². The second kappa shape index (κ2) is 8.31. The lowest BCUT2D eigenvalue weighted by Gasteiger charge is -2.32. The zero-order valence-electron chi connectivity index (χ0n) is 17.3. The predicted octanol–water partition coefficient (Wildman–Crippen LogP) is 2.03. The molecule has 8 nitrogen and oxygen atoms in total. The lowest BCUT2D eigenvalue weighted by molar-refractivity contribution is -0.126. The molecule has 2 amide bonds. The molecule has 0 radical (unpaired) electrons. The van der Waals surface area contributed by atoms with Gasteiger partial charge < -0.3 is 15.4 Å². The Hall–Kier alpha value is -2.13. The number of sulfonamides is 1. The van der Waals surface area contributed by atoms with E-state index in [9.17, 15) is 18.0 Å². The van der Waals surface area contributed by atoms with Crippen molar-refractivity contribution in [1.82, 2.24) is 9.62 Å². The van der Waals surface area contributed by atoms with Gasteiger partial charge in [-0.15, -0.1) is 0 Å². The Morgan fingerprint density at radius 3 is 2.62 bits per heavy atom. The molecule has 1 aromatic carbocycles. The first-order valence-electron chi connectivity index (χ1n) is 10.1. The monoisotopic (exact) mass is 423 g/mol. The van der Waals surface area contributed by atoms with Gasteiger partial charge >= 0.3 is 0 Å². The third-order valence-corrected chi connectivity index (χ3v) is 7.69. The molecule has 0 saturated carbocycles. The van der Waals surface area contributed by atoms with E-state index in [4.69, 9.17) is 4.74 Å². The zero-order valence-corrected chi connectivity index (χ0v) is 18.1. The van der Waals surface area contributed by atoms with Gasteiger partial charge in [-0.3, -0.25) is 9.59 Å². The summed E-state index contributed by atoms with van der Waals surface area (Å²) in [6, 6.07) is 3.22. The quantitative estimate of drug-likeness (QED) is 0.754. The van der Waals surface area contributed by atoms with Gasteiger partial charge in [-0.05, 0) is 51.7 Å². The number of nitrogens with one attached hydrogen (secondary N) is 2. The Bertz CT molecular complexity index is 907. The summed E-state index contributed by atoms with van der Waals surface area (Å²) < 4.78 is 33.4. The maximum Gasteiger partial charge on any atom is 0.265 e. The Kier molecular flexibility index (Phi) is 6.19. The van der Waals surface area contributed by atoms with Gasteiger partial charge in [0.25, 0.3) is 5.91 Å². The fraction of sp³-hybridized carbons (Fsp3) is 0.600. The average Bonchev–Trinajstić information content (AvgIpc) is 2.68. The highest BCUT2D eigenvalue weighted by molar-refractivity contribution is 7.89. The van der Waals surface area contributed by atoms with Crippen LogP contribution in [-0.2, 0) is 19.6 Å². The highest BCUT2D eigenvalue weighted by atomic mass is 32.2. The first kappa shape index (κ1) is 21.6. The summed E-state index contributed by atoms with van der Waals surface area (Å²) in [6.07, 6.45) is 1.17. The van der Waals surface area contributed by atoms with Gasteiger partial charge in [-0.2, -0.15) is 4.31 Å². The molecule has 2 aliphatic rings. The number of amides is 2. The van der Waals surface area contributed by atoms with Crippen molar-refractivity contribution in [3.8, 4) is 5.75 Å². The van der Waals surface area contributed by atoms with Gasteiger partial charge in [0.1, 0.15) is 5.75 Å². The van der Waals surface area contributed by atoms with Crippen molar-refractivity contribution in [2.75, 3.05) is 18.4 Å². The largest absolute Gasteiger partial charge is 0.479 e. The molecule has 0 spiro atoms. The number of anilines is 1. The number of carbonyl (C=O) groups excluding carboxylic acids is 2. The summed E-state index contributed by atoms with van der Waals surface area (Å²) in [5, 5.41) is 5.71. The first-order chi connectivity index (χ1) is 13.6. The lowest BCUT2D eigenvalue weighted by Crippen LogP contribution is -2.44. The molecule has 1 saturated heterocycles. The van der Waals surface area contributed by atoms with E-state index in [1.165, 1.54) is 10.4 Å². The van der Waals surface area contributed by atoms with E-state index in [0.717, 1.165) is 6.42 Å². The first-order valence-corrected chi connectivity index (χ1v) is 11.5. The van der Waals surface area contributed by atoms with Crippen LogP contribution in [0.25, 0.3) is 0 Å². The fourth-order valence-corrected chi connectivity index (χ4v) is 5.27. The molecule has 0 aliphatic carbocycles. The van der Waals surface area contributed by atoms with Crippen molar-refractivity contribution in [3.05, 3.63) is 17.7 Å². The maximum absolute atomic E-state index is 13.2. The van der Waals surface area contributed by atoms with E-state index in [1.54, 1.807) is 19.9 Å². The number of ether oxygens (including phenoxy) is 1. The van der Waals surface area contributed by atoms with Crippen LogP contribution >= 0.6 is 0 Å². The van der Waals surface area contributed by atoms with E-state index >= 15 is 0 Å². The summed E-state index contributed by atoms with van der Waals surface area (Å²) in [7, 11) is -3.73. The minimum atomic E-state index is -3.73. The Balaban J connectivity index is 1.75. The van der Waals surface area contributed by atoms with Crippen LogP contribution < -0.4 is 15.4 Å². The van der Waals surface area contributed by atoms with Crippen LogP contribution in [0.4, 0.5) is 5.69 Å². The highest BCUT2D eigenvalue weighted by Crippen LogP contribution is 2.36.